The maximum atomic E-state index is 5.43. The molecule has 242 valence electrons. The van der Waals surface area contributed by atoms with Gasteiger partial charge in [-0.1, -0.05) is 177 Å². The van der Waals surface area contributed by atoms with Crippen molar-refractivity contribution >= 4 is 18.6 Å². The van der Waals surface area contributed by atoms with Crippen molar-refractivity contribution in [2.24, 2.45) is 0 Å². The van der Waals surface area contributed by atoms with Crippen molar-refractivity contribution in [2.45, 2.75) is 13.1 Å². The van der Waals surface area contributed by atoms with Gasteiger partial charge in [-0.2, -0.15) is 0 Å². The number of rotatable bonds is 6. The second-order valence-electron chi connectivity index (χ2n) is 13.8. The average molecular weight is 669 g/mol. The van der Waals surface area contributed by atoms with Gasteiger partial charge in [0.2, 0.25) is 0 Å². The molecule has 1 aliphatic heterocycles. The summed E-state index contributed by atoms with van der Waals surface area (Å²) in [6.45, 7) is 4.85. The number of aromatic nitrogens is 2. The smallest absolute Gasteiger partial charge is 0.159 e. The Morgan fingerprint density at radius 3 is 1.33 bits per heavy atom. The molecule has 0 amide bonds. The summed E-state index contributed by atoms with van der Waals surface area (Å²) in [5.41, 5.74) is 15.2. The predicted molar refractivity (Wildman–Crippen MR) is 217 cm³/mol. The largest absolute Gasteiger partial charge is 0.237 e. The van der Waals surface area contributed by atoms with Gasteiger partial charge in [0.05, 0.1) is 5.69 Å². The number of hydrogen-bond donors (Lipinski definition) is 0. The van der Waals surface area contributed by atoms with E-state index >= 15 is 0 Å². The Labute approximate surface area is 300 Å². The zero-order valence-corrected chi connectivity index (χ0v) is 29.7. The summed E-state index contributed by atoms with van der Waals surface area (Å²) < 4.78 is 0. The maximum absolute atomic E-state index is 5.43. The quantitative estimate of drug-likeness (QED) is 0.165. The number of fused-ring (bicyclic) bond motifs is 3. The van der Waals surface area contributed by atoms with Crippen LogP contribution < -0.4 is 10.5 Å². The van der Waals surface area contributed by atoms with Gasteiger partial charge in [0.1, 0.15) is 8.07 Å². The third kappa shape index (κ3) is 5.62. The van der Waals surface area contributed by atoms with Gasteiger partial charge < -0.3 is 0 Å². The summed E-state index contributed by atoms with van der Waals surface area (Å²) in [7, 11) is -2.09. The highest BCUT2D eigenvalue weighted by molar-refractivity contribution is 7.03. The van der Waals surface area contributed by atoms with Crippen molar-refractivity contribution < 1.29 is 0 Å². The minimum Gasteiger partial charge on any atom is -0.237 e. The van der Waals surface area contributed by atoms with E-state index in [1.807, 2.05) is 0 Å². The van der Waals surface area contributed by atoms with Crippen molar-refractivity contribution in [1.82, 2.24) is 9.97 Å². The molecule has 9 rings (SSSR count). The molecule has 0 saturated carbocycles. The van der Waals surface area contributed by atoms with Crippen LogP contribution in [0.25, 0.3) is 78.3 Å². The molecule has 2 heterocycles. The van der Waals surface area contributed by atoms with E-state index in [0.717, 1.165) is 28.2 Å². The van der Waals surface area contributed by atoms with Crippen LogP contribution in [0, 0.1) is 0 Å². The minimum atomic E-state index is -2.09. The van der Waals surface area contributed by atoms with Crippen molar-refractivity contribution in [3.05, 3.63) is 182 Å². The fraction of sp³-hybridized carbons (Fsp3) is 0.0417. The minimum absolute atomic E-state index is 0.776. The standard InChI is InChI=1S/C48H36N2Si/c1-51(2)44-25-10-9-24-43(44)45-46(36-28-26-35(27-29-36)39-20-11-18-37(30-39)33-14-5-3-6-15-33)49-47(50-48(45)51)42-23-13-22-41(32-42)40-21-12-19-38(31-40)34-16-7-4-8-17-34/h3-32H,1-2H3. The van der Waals surface area contributed by atoms with Gasteiger partial charge in [0.25, 0.3) is 0 Å². The first-order valence-corrected chi connectivity index (χ1v) is 20.6. The molecule has 0 fully saturated rings. The Hall–Kier alpha value is -6.16. The molecule has 2 nitrogen and oxygen atoms in total. The lowest BCUT2D eigenvalue weighted by molar-refractivity contribution is 1.21. The van der Waals surface area contributed by atoms with Crippen LogP contribution in [-0.4, -0.2) is 18.0 Å². The van der Waals surface area contributed by atoms with Crippen LogP contribution in [0.3, 0.4) is 0 Å². The molecule has 3 heteroatoms. The van der Waals surface area contributed by atoms with E-state index < -0.39 is 8.07 Å². The summed E-state index contributed by atoms with van der Waals surface area (Å²) >= 11 is 0. The maximum Gasteiger partial charge on any atom is 0.159 e. The Bertz CT molecular complexity index is 2540. The van der Waals surface area contributed by atoms with Gasteiger partial charge in [-0.3, -0.25) is 0 Å². The van der Waals surface area contributed by atoms with Gasteiger partial charge >= 0.3 is 0 Å². The number of benzene rings is 7. The summed E-state index contributed by atoms with van der Waals surface area (Å²) in [5, 5.41) is 2.63. The van der Waals surface area contributed by atoms with Gasteiger partial charge in [-0.05, 0) is 73.5 Å². The second-order valence-corrected chi connectivity index (χ2v) is 18.1. The van der Waals surface area contributed by atoms with Crippen molar-refractivity contribution in [2.75, 3.05) is 0 Å². The normalized spacial score (nSPS) is 12.7. The monoisotopic (exact) mass is 668 g/mol. The van der Waals surface area contributed by atoms with Crippen LogP contribution >= 0.6 is 0 Å². The summed E-state index contributed by atoms with van der Waals surface area (Å²) in [4.78, 5) is 10.8. The van der Waals surface area contributed by atoms with E-state index in [1.54, 1.807) is 0 Å². The molecule has 0 N–H and O–H groups in total. The number of hydrogen-bond acceptors (Lipinski definition) is 2. The van der Waals surface area contributed by atoms with Crippen LogP contribution in [0.4, 0.5) is 0 Å². The molecule has 7 aromatic carbocycles. The fourth-order valence-electron chi connectivity index (χ4n) is 7.56. The second kappa shape index (κ2) is 12.6. The van der Waals surface area contributed by atoms with Crippen LogP contribution in [0.5, 0.6) is 0 Å². The molecule has 51 heavy (non-hydrogen) atoms. The topological polar surface area (TPSA) is 25.8 Å². The zero-order valence-electron chi connectivity index (χ0n) is 28.7. The lowest BCUT2D eigenvalue weighted by atomic mass is 9.96. The van der Waals surface area contributed by atoms with Gasteiger partial charge in [-0.15, -0.1) is 0 Å². The molecular weight excluding hydrogens is 633 g/mol. The van der Waals surface area contributed by atoms with Crippen molar-refractivity contribution in [1.29, 1.82) is 0 Å². The zero-order chi connectivity index (χ0) is 34.4. The first-order chi connectivity index (χ1) is 25.0. The van der Waals surface area contributed by atoms with E-state index in [-0.39, 0.29) is 0 Å². The Balaban J connectivity index is 1.15. The SMILES string of the molecule is C[Si]1(C)c2ccccc2-c2c(-c3ccc(-c4cccc(-c5ccccc5)c4)cc3)nc(-c3cccc(-c4cccc(-c5ccccc5)c4)c3)nc21. The van der Waals surface area contributed by atoms with E-state index in [9.17, 15) is 0 Å². The molecule has 0 atom stereocenters. The Morgan fingerprint density at radius 2 is 0.765 bits per heavy atom. The summed E-state index contributed by atoms with van der Waals surface area (Å²) in [6, 6.07) is 65.2. The highest BCUT2D eigenvalue weighted by Crippen LogP contribution is 2.38. The van der Waals surface area contributed by atoms with E-state index in [1.165, 1.54) is 60.6 Å². The summed E-state index contributed by atoms with van der Waals surface area (Å²) in [6.07, 6.45) is 0. The first kappa shape index (κ1) is 30.9. The Kier molecular flexibility index (Phi) is 7.64. The third-order valence-corrected chi connectivity index (χ3v) is 13.6. The van der Waals surface area contributed by atoms with Crippen LogP contribution in [0.15, 0.2) is 182 Å². The molecule has 1 aromatic heterocycles. The molecule has 0 aliphatic carbocycles. The van der Waals surface area contributed by atoms with Crippen molar-refractivity contribution in [3.8, 4) is 78.3 Å². The molecule has 0 saturated heterocycles. The van der Waals surface area contributed by atoms with Gasteiger partial charge in [-0.25, -0.2) is 9.97 Å². The highest BCUT2D eigenvalue weighted by atomic mass is 28.3. The molecule has 0 bridgehead atoms. The molecule has 1 aliphatic rings. The van der Waals surface area contributed by atoms with E-state index in [0.29, 0.717) is 0 Å². The van der Waals surface area contributed by atoms with Crippen molar-refractivity contribution in [3.63, 3.8) is 0 Å². The molecule has 8 aromatic rings. The van der Waals surface area contributed by atoms with Crippen LogP contribution in [0.1, 0.15) is 0 Å². The Morgan fingerprint density at radius 1 is 0.353 bits per heavy atom. The lowest BCUT2D eigenvalue weighted by Gasteiger charge is -2.19. The predicted octanol–water partition coefficient (Wildman–Crippen LogP) is 11.3. The van der Waals surface area contributed by atoms with E-state index in [4.69, 9.17) is 9.97 Å². The lowest BCUT2D eigenvalue weighted by Crippen LogP contribution is -2.50. The number of nitrogens with zero attached hydrogens (tertiary/aromatic N) is 2. The molecule has 0 radical (unpaired) electrons. The molecule has 0 unspecified atom stereocenters. The highest BCUT2D eigenvalue weighted by Gasteiger charge is 2.41. The third-order valence-electron chi connectivity index (χ3n) is 10.3. The van der Waals surface area contributed by atoms with Crippen LogP contribution in [-0.2, 0) is 0 Å². The molecule has 0 spiro atoms. The van der Waals surface area contributed by atoms with Crippen LogP contribution in [0.2, 0.25) is 13.1 Å². The van der Waals surface area contributed by atoms with Gasteiger partial charge in [0.15, 0.2) is 5.82 Å². The van der Waals surface area contributed by atoms with E-state index in [2.05, 4.69) is 195 Å². The molecular formula is C48H36N2Si. The first-order valence-electron chi connectivity index (χ1n) is 17.6. The summed E-state index contributed by atoms with van der Waals surface area (Å²) in [5.74, 6) is 0.776. The fourth-order valence-corrected chi connectivity index (χ4v) is 10.5. The van der Waals surface area contributed by atoms with Gasteiger partial charge in [0, 0.05) is 22.0 Å². The average Bonchev–Trinajstić information content (AvgIpc) is 3.44.